The highest BCUT2D eigenvalue weighted by Gasteiger charge is 2.62. The molecule has 6 unspecified atom stereocenters. The topological polar surface area (TPSA) is 52.6 Å². The van der Waals surface area contributed by atoms with Crippen LogP contribution in [0.4, 0.5) is 0 Å². The highest BCUT2D eigenvalue weighted by atomic mass is 16.6. The van der Waals surface area contributed by atoms with E-state index >= 15 is 0 Å². The molecule has 0 amide bonds. The summed E-state index contributed by atoms with van der Waals surface area (Å²) in [5.41, 5.74) is 3.22. The van der Waals surface area contributed by atoms with Crippen LogP contribution >= 0.6 is 0 Å². The lowest BCUT2D eigenvalue weighted by Crippen LogP contribution is -2.45. The van der Waals surface area contributed by atoms with E-state index in [4.69, 9.17) is 9.47 Å². The zero-order chi connectivity index (χ0) is 25.8. The first-order valence-corrected chi connectivity index (χ1v) is 13.6. The van der Waals surface area contributed by atoms with Gasteiger partial charge < -0.3 is 9.47 Å². The van der Waals surface area contributed by atoms with E-state index < -0.39 is 0 Å². The summed E-state index contributed by atoms with van der Waals surface area (Å²) in [6, 6.07) is 15.5. The van der Waals surface area contributed by atoms with Crippen LogP contribution in [0.25, 0.3) is 0 Å². The second-order valence-electron chi connectivity index (χ2n) is 13.2. The molecule has 2 aromatic rings. The van der Waals surface area contributed by atoms with Gasteiger partial charge in [0.1, 0.15) is 12.2 Å². The molecule has 0 heterocycles. The number of carbonyl (C=O) groups excluding carboxylic acids is 2. The molecule has 36 heavy (non-hydrogen) atoms. The van der Waals surface area contributed by atoms with Crippen LogP contribution in [0.5, 0.6) is 0 Å². The summed E-state index contributed by atoms with van der Waals surface area (Å²) < 4.78 is 12.4. The molecule has 2 aromatic carbocycles. The fourth-order valence-corrected chi connectivity index (χ4v) is 6.90. The number of rotatable bonds is 4. The van der Waals surface area contributed by atoms with Gasteiger partial charge in [0.25, 0.3) is 0 Å². The largest absolute Gasteiger partial charge is 0.455 e. The Morgan fingerprint density at radius 1 is 0.667 bits per heavy atom. The zero-order valence-corrected chi connectivity index (χ0v) is 22.5. The minimum Gasteiger partial charge on any atom is -0.455 e. The van der Waals surface area contributed by atoms with Gasteiger partial charge in [-0.15, -0.1) is 0 Å². The molecule has 0 radical (unpaired) electrons. The SMILES string of the molecule is CC(C)(C)c1cccc(C(=O)OC2C3CC(C4CCCC43)C2OC(=O)c2cccc(C(C)(C)C)c2)c1. The van der Waals surface area contributed by atoms with Crippen molar-refractivity contribution in [2.45, 2.75) is 90.3 Å². The molecule has 4 nitrogen and oxygen atoms in total. The molecule has 0 saturated heterocycles. The molecule has 0 spiro atoms. The second-order valence-corrected chi connectivity index (χ2v) is 13.2. The summed E-state index contributed by atoms with van der Waals surface area (Å²) in [5.74, 6) is 1.07. The number of fused-ring (bicyclic) bond motifs is 5. The van der Waals surface area contributed by atoms with Crippen molar-refractivity contribution in [1.82, 2.24) is 0 Å². The summed E-state index contributed by atoms with van der Waals surface area (Å²) in [5, 5.41) is 0. The van der Waals surface area contributed by atoms with Gasteiger partial charge in [0.05, 0.1) is 11.1 Å². The van der Waals surface area contributed by atoms with Gasteiger partial charge in [0, 0.05) is 11.8 Å². The van der Waals surface area contributed by atoms with Crippen LogP contribution < -0.4 is 0 Å². The van der Waals surface area contributed by atoms with Crippen molar-refractivity contribution in [3.63, 3.8) is 0 Å². The minimum atomic E-state index is -0.380. The average molecular weight is 489 g/mol. The van der Waals surface area contributed by atoms with E-state index in [1.807, 2.05) is 48.5 Å². The Morgan fingerprint density at radius 2 is 1.08 bits per heavy atom. The van der Waals surface area contributed by atoms with E-state index in [0.717, 1.165) is 17.5 Å². The third kappa shape index (κ3) is 4.60. The normalized spacial score (nSPS) is 29.2. The van der Waals surface area contributed by atoms with Crippen molar-refractivity contribution in [1.29, 1.82) is 0 Å². The lowest BCUT2D eigenvalue weighted by molar-refractivity contribution is -0.0766. The molecular weight excluding hydrogens is 448 g/mol. The maximum atomic E-state index is 13.3. The fraction of sp³-hybridized carbons (Fsp3) is 0.562. The number of carbonyl (C=O) groups is 2. The van der Waals surface area contributed by atoms with Crippen molar-refractivity contribution in [2.24, 2.45) is 23.7 Å². The first kappa shape index (κ1) is 25.0. The lowest BCUT2D eigenvalue weighted by Gasteiger charge is -2.37. The Labute approximate surface area is 215 Å². The summed E-state index contributed by atoms with van der Waals surface area (Å²) in [6.45, 7) is 12.8. The van der Waals surface area contributed by atoms with E-state index in [1.165, 1.54) is 19.3 Å². The Balaban J connectivity index is 1.38. The first-order chi connectivity index (χ1) is 16.9. The van der Waals surface area contributed by atoms with Gasteiger partial charge in [-0.3, -0.25) is 0 Å². The molecular formula is C32H40O4. The average Bonchev–Trinajstić information content (AvgIpc) is 3.52. The van der Waals surface area contributed by atoms with Crippen molar-refractivity contribution in [2.75, 3.05) is 0 Å². The predicted octanol–water partition coefficient (Wildman–Crippen LogP) is 7.10. The molecule has 3 aliphatic rings. The second kappa shape index (κ2) is 9.04. The van der Waals surface area contributed by atoms with Gasteiger partial charge in [0.2, 0.25) is 0 Å². The first-order valence-electron chi connectivity index (χ1n) is 13.6. The predicted molar refractivity (Wildman–Crippen MR) is 141 cm³/mol. The van der Waals surface area contributed by atoms with Crippen LogP contribution in [0.3, 0.4) is 0 Å². The highest BCUT2D eigenvalue weighted by molar-refractivity contribution is 5.91. The summed E-state index contributed by atoms with van der Waals surface area (Å²) in [4.78, 5) is 26.7. The van der Waals surface area contributed by atoms with E-state index in [2.05, 4.69) is 41.5 Å². The van der Waals surface area contributed by atoms with Gasteiger partial charge >= 0.3 is 11.9 Å². The van der Waals surface area contributed by atoms with Crippen molar-refractivity contribution in [3.8, 4) is 0 Å². The van der Waals surface area contributed by atoms with Crippen molar-refractivity contribution in [3.05, 3.63) is 70.8 Å². The Bertz CT molecular complexity index is 1060. The molecule has 4 heteroatoms. The summed E-state index contributed by atoms with van der Waals surface area (Å²) in [7, 11) is 0. The van der Waals surface area contributed by atoms with E-state index in [9.17, 15) is 9.59 Å². The molecule has 2 bridgehead atoms. The van der Waals surface area contributed by atoms with Crippen LogP contribution in [-0.4, -0.2) is 24.1 Å². The Kier molecular flexibility index (Phi) is 6.29. The minimum absolute atomic E-state index is 0.0561. The number of hydrogen-bond donors (Lipinski definition) is 0. The smallest absolute Gasteiger partial charge is 0.338 e. The number of benzene rings is 2. The van der Waals surface area contributed by atoms with Crippen molar-refractivity contribution < 1.29 is 19.1 Å². The van der Waals surface area contributed by atoms with E-state index in [1.54, 1.807) is 0 Å². The monoisotopic (exact) mass is 488 g/mol. The molecule has 3 fully saturated rings. The van der Waals surface area contributed by atoms with Gasteiger partial charge in [-0.05, 0) is 77.3 Å². The van der Waals surface area contributed by atoms with E-state index in [0.29, 0.717) is 23.0 Å². The van der Waals surface area contributed by atoms with Gasteiger partial charge in [-0.2, -0.15) is 0 Å². The number of ether oxygens (including phenoxy) is 2. The lowest BCUT2D eigenvalue weighted by atomic mass is 9.78. The van der Waals surface area contributed by atoms with Crippen LogP contribution in [-0.2, 0) is 20.3 Å². The maximum Gasteiger partial charge on any atom is 0.338 e. The third-order valence-corrected chi connectivity index (χ3v) is 8.85. The Hall–Kier alpha value is -2.62. The molecule has 0 N–H and O–H groups in total. The fourth-order valence-electron chi connectivity index (χ4n) is 6.90. The van der Waals surface area contributed by atoms with Crippen LogP contribution in [0.2, 0.25) is 0 Å². The zero-order valence-electron chi connectivity index (χ0n) is 22.5. The van der Waals surface area contributed by atoms with E-state index in [-0.39, 0.29) is 46.8 Å². The third-order valence-electron chi connectivity index (χ3n) is 8.85. The molecule has 0 aliphatic heterocycles. The summed E-state index contributed by atoms with van der Waals surface area (Å²) in [6.07, 6.45) is 3.81. The van der Waals surface area contributed by atoms with Crippen LogP contribution in [0, 0.1) is 23.7 Å². The van der Waals surface area contributed by atoms with Gasteiger partial charge in [-0.1, -0.05) is 72.2 Å². The number of hydrogen-bond acceptors (Lipinski definition) is 4. The maximum absolute atomic E-state index is 13.3. The van der Waals surface area contributed by atoms with Crippen LogP contribution in [0.1, 0.15) is 99.1 Å². The molecule has 3 saturated carbocycles. The standard InChI is InChI=1S/C32H40O4/c1-31(2,3)21-12-7-10-19(16-21)29(33)35-27-25-18-26(24-15-9-14-23(24)25)28(27)36-30(34)20-11-8-13-22(17-20)32(4,5)6/h7-8,10-13,16-17,23-28H,9,14-15,18H2,1-6H3. The summed E-state index contributed by atoms with van der Waals surface area (Å²) >= 11 is 0. The molecule has 6 atom stereocenters. The Morgan fingerprint density at radius 3 is 1.47 bits per heavy atom. The van der Waals surface area contributed by atoms with Gasteiger partial charge in [-0.25, -0.2) is 9.59 Å². The quantitative estimate of drug-likeness (QED) is 0.431. The molecule has 192 valence electrons. The highest BCUT2D eigenvalue weighted by Crippen LogP contribution is 2.60. The molecule has 3 aliphatic carbocycles. The molecule has 5 rings (SSSR count). The number of esters is 2. The molecule has 0 aromatic heterocycles. The van der Waals surface area contributed by atoms with Crippen LogP contribution in [0.15, 0.2) is 48.5 Å². The van der Waals surface area contributed by atoms with Crippen molar-refractivity contribution >= 4 is 11.9 Å². The van der Waals surface area contributed by atoms with Gasteiger partial charge in [0.15, 0.2) is 0 Å².